The summed E-state index contributed by atoms with van der Waals surface area (Å²) < 4.78 is 27.3. The largest absolute Gasteiger partial charge is 0.389 e. The maximum absolute atomic E-state index is 11.9. The van der Waals surface area contributed by atoms with E-state index in [2.05, 4.69) is 9.82 Å². The van der Waals surface area contributed by atoms with E-state index in [9.17, 15) is 13.5 Å². The quantitative estimate of drug-likeness (QED) is 0.824. The van der Waals surface area contributed by atoms with Crippen LogP contribution in [0.15, 0.2) is 11.2 Å². The number of hydrogen-bond acceptors (Lipinski definition) is 4. The highest BCUT2D eigenvalue weighted by Crippen LogP contribution is 2.20. The van der Waals surface area contributed by atoms with E-state index in [4.69, 9.17) is 11.6 Å². The van der Waals surface area contributed by atoms with Crippen molar-refractivity contribution in [1.82, 2.24) is 14.5 Å². The average molecular weight is 282 g/mol. The third kappa shape index (κ3) is 3.41. The fraction of sp³-hybridized carbons (Fsp3) is 0.667. The molecule has 1 heterocycles. The summed E-state index contributed by atoms with van der Waals surface area (Å²) in [6.45, 7) is 3.25. The summed E-state index contributed by atoms with van der Waals surface area (Å²) in [5, 5.41) is 13.4. The number of aryl methyl sites for hydroxylation is 1. The molecular weight excluding hydrogens is 266 g/mol. The third-order valence-electron chi connectivity index (χ3n) is 2.50. The summed E-state index contributed by atoms with van der Waals surface area (Å²) in [5.74, 6) is 0. The molecule has 0 amide bonds. The number of sulfonamides is 1. The van der Waals surface area contributed by atoms with Crippen LogP contribution < -0.4 is 4.72 Å². The van der Waals surface area contributed by atoms with Crippen LogP contribution in [0.25, 0.3) is 0 Å². The minimum absolute atomic E-state index is 0.0520. The molecule has 8 heteroatoms. The first kappa shape index (κ1) is 14.4. The number of halogens is 1. The van der Waals surface area contributed by atoms with Crippen LogP contribution in [0.2, 0.25) is 5.02 Å². The monoisotopic (exact) mass is 281 g/mol. The van der Waals surface area contributed by atoms with Crippen molar-refractivity contribution in [2.24, 2.45) is 7.05 Å². The van der Waals surface area contributed by atoms with E-state index < -0.39 is 15.6 Å². The number of aromatic nitrogens is 2. The summed E-state index contributed by atoms with van der Waals surface area (Å²) in [6.07, 6.45) is 1.70. The van der Waals surface area contributed by atoms with Crippen molar-refractivity contribution < 1.29 is 13.5 Å². The van der Waals surface area contributed by atoms with E-state index in [-0.39, 0.29) is 16.6 Å². The van der Waals surface area contributed by atoms with E-state index in [1.807, 2.05) is 0 Å². The Labute approximate surface area is 106 Å². The zero-order chi connectivity index (χ0) is 13.3. The molecule has 0 bridgehead atoms. The van der Waals surface area contributed by atoms with Crippen LogP contribution in [0.5, 0.6) is 0 Å². The van der Waals surface area contributed by atoms with Crippen LogP contribution in [0, 0.1) is 0 Å². The SMILES string of the molecule is CCC(C)(O)CNS(=O)(=O)c1c(Cl)cnn1C. The molecule has 0 aliphatic carbocycles. The second kappa shape index (κ2) is 4.93. The lowest BCUT2D eigenvalue weighted by Crippen LogP contribution is -2.40. The van der Waals surface area contributed by atoms with E-state index >= 15 is 0 Å². The second-order valence-electron chi connectivity index (χ2n) is 4.10. The Kier molecular flexibility index (Phi) is 4.19. The first-order valence-corrected chi connectivity index (χ1v) is 6.95. The van der Waals surface area contributed by atoms with Crippen molar-refractivity contribution in [1.29, 1.82) is 0 Å². The Morgan fingerprint density at radius 2 is 2.24 bits per heavy atom. The molecule has 0 radical (unpaired) electrons. The first-order valence-electron chi connectivity index (χ1n) is 5.09. The van der Waals surface area contributed by atoms with Crippen molar-refractivity contribution in [2.45, 2.75) is 30.9 Å². The lowest BCUT2D eigenvalue weighted by atomic mass is 10.1. The van der Waals surface area contributed by atoms with Gasteiger partial charge >= 0.3 is 0 Å². The van der Waals surface area contributed by atoms with E-state index in [0.29, 0.717) is 6.42 Å². The van der Waals surface area contributed by atoms with Crippen molar-refractivity contribution in [3.8, 4) is 0 Å². The van der Waals surface area contributed by atoms with Crippen molar-refractivity contribution in [3.63, 3.8) is 0 Å². The number of hydrogen-bond donors (Lipinski definition) is 2. The maximum atomic E-state index is 11.9. The second-order valence-corrected chi connectivity index (χ2v) is 6.19. The molecule has 2 N–H and O–H groups in total. The van der Waals surface area contributed by atoms with Gasteiger partial charge in [0.1, 0.15) is 0 Å². The lowest BCUT2D eigenvalue weighted by molar-refractivity contribution is 0.0613. The molecule has 1 aromatic rings. The summed E-state index contributed by atoms with van der Waals surface area (Å²) >= 11 is 5.75. The van der Waals surface area contributed by atoms with Gasteiger partial charge in [-0.05, 0) is 13.3 Å². The minimum atomic E-state index is -3.76. The predicted octanol–water partition coefficient (Wildman–Crippen LogP) is 0.513. The van der Waals surface area contributed by atoms with Gasteiger partial charge < -0.3 is 5.11 Å². The van der Waals surface area contributed by atoms with E-state index in [1.54, 1.807) is 13.8 Å². The molecule has 0 aliphatic rings. The average Bonchev–Trinajstić information content (AvgIpc) is 2.57. The number of nitrogens with zero attached hydrogens (tertiary/aromatic N) is 2. The van der Waals surface area contributed by atoms with E-state index in [1.165, 1.54) is 17.9 Å². The van der Waals surface area contributed by atoms with Gasteiger partial charge in [0.25, 0.3) is 10.0 Å². The molecule has 0 aromatic carbocycles. The molecule has 17 heavy (non-hydrogen) atoms. The molecule has 0 saturated heterocycles. The number of aliphatic hydroxyl groups is 1. The molecule has 1 unspecified atom stereocenters. The molecule has 1 rings (SSSR count). The Hall–Kier alpha value is -0.630. The van der Waals surface area contributed by atoms with Gasteiger partial charge in [-0.3, -0.25) is 4.68 Å². The standard InChI is InChI=1S/C9H16ClN3O3S/c1-4-9(2,14)6-12-17(15,16)8-7(10)5-11-13(8)3/h5,12,14H,4,6H2,1-3H3. The molecule has 0 fully saturated rings. The Morgan fingerprint density at radius 3 is 2.65 bits per heavy atom. The van der Waals surface area contributed by atoms with Crippen LogP contribution in [-0.2, 0) is 17.1 Å². The van der Waals surface area contributed by atoms with Gasteiger partial charge in [-0.1, -0.05) is 18.5 Å². The van der Waals surface area contributed by atoms with Gasteiger partial charge in [0, 0.05) is 13.6 Å². The van der Waals surface area contributed by atoms with Crippen LogP contribution in [0.1, 0.15) is 20.3 Å². The van der Waals surface area contributed by atoms with Gasteiger partial charge in [0.15, 0.2) is 5.03 Å². The molecule has 0 aliphatic heterocycles. The summed E-state index contributed by atoms with van der Waals surface area (Å²) in [4.78, 5) is 0. The molecule has 0 spiro atoms. The molecule has 1 atom stereocenters. The first-order chi connectivity index (χ1) is 7.69. The number of nitrogens with one attached hydrogen (secondary N) is 1. The molecule has 0 saturated carbocycles. The highest BCUT2D eigenvalue weighted by molar-refractivity contribution is 7.89. The van der Waals surface area contributed by atoms with Gasteiger partial charge in [0.2, 0.25) is 0 Å². The summed E-state index contributed by atoms with van der Waals surface area (Å²) in [6, 6.07) is 0. The van der Waals surface area contributed by atoms with Crippen molar-refractivity contribution >= 4 is 21.6 Å². The highest BCUT2D eigenvalue weighted by atomic mass is 35.5. The Bertz CT molecular complexity index is 476. The van der Waals surface area contributed by atoms with E-state index in [0.717, 1.165) is 0 Å². The summed E-state index contributed by atoms with van der Waals surface area (Å²) in [5.41, 5.74) is -1.09. The molecule has 6 nitrogen and oxygen atoms in total. The van der Waals surface area contributed by atoms with Crippen molar-refractivity contribution in [2.75, 3.05) is 6.54 Å². The fourth-order valence-electron chi connectivity index (χ4n) is 1.15. The van der Waals surface area contributed by atoms with Gasteiger partial charge in [-0.25, -0.2) is 13.1 Å². The van der Waals surface area contributed by atoms with Gasteiger partial charge in [-0.15, -0.1) is 0 Å². The Balaban J connectivity index is 2.91. The van der Waals surface area contributed by atoms with Crippen molar-refractivity contribution in [3.05, 3.63) is 11.2 Å². The fourth-order valence-corrected chi connectivity index (χ4v) is 2.96. The maximum Gasteiger partial charge on any atom is 0.259 e. The highest BCUT2D eigenvalue weighted by Gasteiger charge is 2.26. The minimum Gasteiger partial charge on any atom is -0.389 e. The molecule has 98 valence electrons. The van der Waals surface area contributed by atoms with Crippen LogP contribution in [-0.4, -0.2) is 35.5 Å². The zero-order valence-corrected chi connectivity index (χ0v) is 11.5. The Morgan fingerprint density at radius 1 is 1.65 bits per heavy atom. The van der Waals surface area contributed by atoms with Crippen LogP contribution >= 0.6 is 11.6 Å². The zero-order valence-electron chi connectivity index (χ0n) is 9.94. The smallest absolute Gasteiger partial charge is 0.259 e. The predicted molar refractivity (Wildman–Crippen MR) is 64.3 cm³/mol. The summed E-state index contributed by atoms with van der Waals surface area (Å²) in [7, 11) is -2.28. The molecule has 1 aromatic heterocycles. The van der Waals surface area contributed by atoms with Gasteiger partial charge in [-0.2, -0.15) is 5.10 Å². The lowest BCUT2D eigenvalue weighted by Gasteiger charge is -2.21. The molecular formula is C9H16ClN3O3S. The third-order valence-corrected chi connectivity index (χ3v) is 4.41. The van der Waals surface area contributed by atoms with Crippen LogP contribution in [0.3, 0.4) is 0 Å². The van der Waals surface area contributed by atoms with Crippen LogP contribution in [0.4, 0.5) is 0 Å². The normalized spacial score (nSPS) is 15.8. The number of rotatable bonds is 5. The van der Waals surface area contributed by atoms with Gasteiger partial charge in [0.05, 0.1) is 16.8 Å². The topological polar surface area (TPSA) is 84.2 Å².